The first-order valence-corrected chi connectivity index (χ1v) is 3.37. The molecule has 0 heterocycles. The van der Waals surface area contributed by atoms with E-state index < -0.39 is 0 Å². The number of thiocarbonyl (C=S) groups is 1. The monoisotopic (exact) mass is 166 g/mol. The zero-order chi connectivity index (χ0) is 6.57. The van der Waals surface area contributed by atoms with E-state index in [1.165, 1.54) is 0 Å². The van der Waals surface area contributed by atoms with Crippen molar-refractivity contribution in [3.63, 3.8) is 0 Å². The Morgan fingerprint density at radius 2 is 1.88 bits per heavy atom. The van der Waals surface area contributed by atoms with Crippen molar-refractivity contribution in [2.75, 3.05) is 0 Å². The summed E-state index contributed by atoms with van der Waals surface area (Å²) in [6.45, 7) is 0. The van der Waals surface area contributed by atoms with Crippen molar-refractivity contribution in [1.82, 2.24) is 0 Å². The molecule has 0 amide bonds. The first kappa shape index (κ1) is 8.46. The van der Waals surface area contributed by atoms with Gasteiger partial charge in [-0.2, -0.15) is 0 Å². The minimum atomic E-state index is -0.138. The molecule has 0 aromatic carbocycles. The smallest absolute Gasteiger partial charge is 0.186 e. The zero-order valence-corrected chi connectivity index (χ0v) is 6.73. The van der Waals surface area contributed by atoms with Crippen LogP contribution in [0.4, 0.5) is 0 Å². The topological polar surface area (TPSA) is 17.1 Å². The van der Waals surface area contributed by atoms with Crippen molar-refractivity contribution in [3.05, 3.63) is 0 Å². The number of hydrogen-bond donors (Lipinski definition) is 2. The molecule has 0 N–H and O–H groups in total. The highest BCUT2D eigenvalue weighted by molar-refractivity contribution is 8.11. The molecule has 0 bridgehead atoms. The summed E-state index contributed by atoms with van der Waals surface area (Å²) in [6.07, 6.45) is 0.951. The summed E-state index contributed by atoms with van der Waals surface area (Å²) in [5.41, 5.74) is 0. The molecular weight excluding hydrogens is 160 g/mol. The molecule has 0 aromatic rings. The van der Waals surface area contributed by atoms with E-state index in [1.54, 1.807) is 0 Å². The van der Waals surface area contributed by atoms with E-state index in [-0.39, 0.29) is 5.12 Å². The lowest BCUT2D eigenvalue weighted by Gasteiger charge is -1.88. The maximum atomic E-state index is 10.1. The lowest BCUT2D eigenvalue weighted by atomic mass is 10.4. The van der Waals surface area contributed by atoms with Crippen LogP contribution in [-0.2, 0) is 4.79 Å². The Morgan fingerprint density at radius 1 is 1.38 bits per heavy atom. The molecule has 0 aliphatic rings. The van der Waals surface area contributed by atoms with E-state index >= 15 is 0 Å². The highest BCUT2D eigenvalue weighted by Gasteiger charge is 1.93. The maximum absolute atomic E-state index is 10.1. The molecule has 0 rings (SSSR count). The van der Waals surface area contributed by atoms with Crippen LogP contribution in [0.25, 0.3) is 0 Å². The van der Waals surface area contributed by atoms with E-state index in [0.29, 0.717) is 17.0 Å². The van der Waals surface area contributed by atoms with Crippen LogP contribution >= 0.6 is 37.5 Å². The first-order chi connectivity index (χ1) is 3.63. The number of carbonyl (C=O) groups excluding carboxylic acids is 1. The molecule has 0 aliphatic carbocycles. The third kappa shape index (κ3) is 6.46. The van der Waals surface area contributed by atoms with Gasteiger partial charge in [0.25, 0.3) is 0 Å². The largest absolute Gasteiger partial charge is 0.287 e. The second-order valence-corrected chi connectivity index (χ2v) is 3.12. The van der Waals surface area contributed by atoms with Gasteiger partial charge in [-0.25, -0.2) is 0 Å². The first-order valence-electron chi connectivity index (χ1n) is 2.06. The molecule has 0 atom stereocenters. The molecule has 0 saturated heterocycles. The zero-order valence-electron chi connectivity index (χ0n) is 4.13. The van der Waals surface area contributed by atoms with Crippen molar-refractivity contribution in [3.8, 4) is 0 Å². The van der Waals surface area contributed by atoms with Crippen molar-refractivity contribution in [1.29, 1.82) is 0 Å². The van der Waals surface area contributed by atoms with Gasteiger partial charge in [-0.3, -0.25) is 4.79 Å². The summed E-state index contributed by atoms with van der Waals surface area (Å²) < 4.78 is 0.562. The Balaban J connectivity index is 3.18. The Kier molecular flexibility index (Phi) is 4.60. The van der Waals surface area contributed by atoms with Crippen LogP contribution in [0.5, 0.6) is 0 Å². The number of thiol groups is 2. The van der Waals surface area contributed by atoms with Crippen LogP contribution in [-0.4, -0.2) is 9.31 Å². The molecule has 0 aromatic heterocycles. The van der Waals surface area contributed by atoms with Crippen molar-refractivity contribution in [2.45, 2.75) is 12.8 Å². The summed E-state index contributed by atoms with van der Waals surface area (Å²) in [5.74, 6) is 0. The Hall–Kier alpha value is 0.460. The van der Waals surface area contributed by atoms with E-state index in [0.717, 1.165) is 0 Å². The fraction of sp³-hybridized carbons (Fsp3) is 0.500. The van der Waals surface area contributed by atoms with Gasteiger partial charge in [0.05, 0.1) is 0 Å². The van der Waals surface area contributed by atoms with Gasteiger partial charge < -0.3 is 0 Å². The molecule has 0 fully saturated rings. The summed E-state index contributed by atoms with van der Waals surface area (Å²) in [6, 6.07) is 0. The van der Waals surface area contributed by atoms with Crippen LogP contribution in [0.1, 0.15) is 12.8 Å². The van der Waals surface area contributed by atoms with Crippen molar-refractivity contribution < 1.29 is 4.79 Å². The van der Waals surface area contributed by atoms with Gasteiger partial charge in [0.1, 0.15) is 0 Å². The van der Waals surface area contributed by atoms with Gasteiger partial charge in [-0.1, -0.05) is 12.2 Å². The average Bonchev–Trinajstić information content (AvgIpc) is 1.61. The molecule has 0 radical (unpaired) electrons. The molecule has 0 saturated carbocycles. The summed E-state index contributed by atoms with van der Waals surface area (Å²) in [7, 11) is 0. The minimum absolute atomic E-state index is 0.138. The molecule has 4 heteroatoms. The van der Waals surface area contributed by atoms with Gasteiger partial charge >= 0.3 is 0 Å². The third-order valence-corrected chi connectivity index (χ3v) is 1.20. The molecule has 46 valence electrons. The fourth-order valence-corrected chi connectivity index (χ4v) is 0.540. The fourth-order valence-electron chi connectivity index (χ4n) is 0.214. The van der Waals surface area contributed by atoms with E-state index in [9.17, 15) is 4.79 Å². The molecule has 0 aliphatic heterocycles. The summed E-state index contributed by atoms with van der Waals surface area (Å²) in [5, 5.41) is -0.138. The normalized spacial score (nSPS) is 8.75. The highest BCUT2D eigenvalue weighted by Crippen LogP contribution is 1.98. The number of rotatable bonds is 3. The Bertz CT molecular complexity index is 95.9. The third-order valence-electron chi connectivity index (χ3n) is 0.553. The van der Waals surface area contributed by atoms with Gasteiger partial charge in [0.2, 0.25) is 0 Å². The van der Waals surface area contributed by atoms with Gasteiger partial charge in [0, 0.05) is 10.6 Å². The minimum Gasteiger partial charge on any atom is -0.287 e. The standard InChI is InChI=1S/C4H6OS3/c5-3(6)1-2-4(7)8/h1-2H2,(H,5,6)(H,7,8). The summed E-state index contributed by atoms with van der Waals surface area (Å²) in [4.78, 5) is 10.1. The van der Waals surface area contributed by atoms with E-state index in [4.69, 9.17) is 0 Å². The summed E-state index contributed by atoms with van der Waals surface area (Å²) >= 11 is 12.0. The van der Waals surface area contributed by atoms with E-state index in [2.05, 4.69) is 37.5 Å². The van der Waals surface area contributed by atoms with Gasteiger partial charge in [0.15, 0.2) is 5.12 Å². The Labute approximate surface area is 64.7 Å². The van der Waals surface area contributed by atoms with Crippen LogP contribution < -0.4 is 0 Å². The molecule has 0 spiro atoms. The van der Waals surface area contributed by atoms with Crippen LogP contribution in [0, 0.1) is 0 Å². The van der Waals surface area contributed by atoms with Crippen molar-refractivity contribution in [2.24, 2.45) is 0 Å². The maximum Gasteiger partial charge on any atom is 0.186 e. The second kappa shape index (κ2) is 4.35. The van der Waals surface area contributed by atoms with E-state index in [1.807, 2.05) is 0 Å². The lowest BCUT2D eigenvalue weighted by Crippen LogP contribution is -1.89. The predicted octanol–water partition coefficient (Wildman–Crippen LogP) is 1.48. The molecule has 1 nitrogen and oxygen atoms in total. The molecule has 8 heavy (non-hydrogen) atoms. The lowest BCUT2D eigenvalue weighted by molar-refractivity contribution is -0.110. The van der Waals surface area contributed by atoms with Crippen LogP contribution in [0.3, 0.4) is 0 Å². The number of carbonyl (C=O) groups is 1. The quantitative estimate of drug-likeness (QED) is 0.488. The second-order valence-electron chi connectivity index (χ2n) is 1.29. The highest BCUT2D eigenvalue weighted by atomic mass is 32.1. The molecule has 0 unspecified atom stereocenters. The SMILES string of the molecule is O=C(S)CCC(=S)S. The Morgan fingerprint density at radius 3 is 2.00 bits per heavy atom. The predicted molar refractivity (Wildman–Crippen MR) is 44.8 cm³/mol. The van der Waals surface area contributed by atoms with Gasteiger partial charge in [-0.05, 0) is 6.42 Å². The van der Waals surface area contributed by atoms with Crippen LogP contribution in [0.15, 0.2) is 0 Å². The van der Waals surface area contributed by atoms with Gasteiger partial charge in [-0.15, -0.1) is 25.3 Å². The van der Waals surface area contributed by atoms with Crippen LogP contribution in [0.2, 0.25) is 0 Å². The average molecular weight is 166 g/mol. The van der Waals surface area contributed by atoms with Crippen molar-refractivity contribution >= 4 is 46.8 Å². The number of hydrogen-bond acceptors (Lipinski definition) is 2. The molecular formula is C4H6OS3.